The summed E-state index contributed by atoms with van der Waals surface area (Å²) in [6.45, 7) is 1.61. The van der Waals surface area contributed by atoms with Crippen molar-refractivity contribution in [1.29, 1.82) is 5.41 Å². The minimum atomic E-state index is -1.35. The highest BCUT2D eigenvalue weighted by atomic mass is 16.5. The van der Waals surface area contributed by atoms with Crippen molar-refractivity contribution in [2.45, 2.75) is 13.5 Å². The van der Waals surface area contributed by atoms with E-state index in [1.54, 1.807) is 31.4 Å². The Labute approximate surface area is 116 Å². The van der Waals surface area contributed by atoms with Crippen LogP contribution in [0.15, 0.2) is 35.4 Å². The molecule has 0 fully saturated rings. The molecule has 0 aliphatic carbocycles. The summed E-state index contributed by atoms with van der Waals surface area (Å²) in [7, 11) is 1.56. The fourth-order valence-electron chi connectivity index (χ4n) is 1.53. The van der Waals surface area contributed by atoms with Crippen LogP contribution in [0.2, 0.25) is 0 Å². The first-order chi connectivity index (χ1) is 9.49. The van der Waals surface area contributed by atoms with Crippen LogP contribution < -0.4 is 10.1 Å². The molecule has 3 N–H and O–H groups in total. The van der Waals surface area contributed by atoms with Gasteiger partial charge in [-0.1, -0.05) is 12.1 Å². The molecule has 1 aromatic rings. The molecule has 1 amide bonds. The number of nitrogens with one attached hydrogen (secondary N) is 2. The number of hydrogen-bond donors (Lipinski definition) is 3. The SMILES string of the molecule is COc1ccc(CNC(=O)/C(C(=O)O)=C(/C)C=N)cc1. The zero-order valence-corrected chi connectivity index (χ0v) is 11.3. The fraction of sp³-hybridized carbons (Fsp3) is 0.214. The Balaban J connectivity index is 2.75. The predicted octanol–water partition coefficient (Wildman–Crippen LogP) is 1.36. The monoisotopic (exact) mass is 276 g/mol. The van der Waals surface area contributed by atoms with Crippen LogP contribution >= 0.6 is 0 Å². The molecule has 0 aliphatic rings. The molecule has 0 heterocycles. The first-order valence-electron chi connectivity index (χ1n) is 5.85. The van der Waals surface area contributed by atoms with Crippen molar-refractivity contribution in [3.63, 3.8) is 0 Å². The van der Waals surface area contributed by atoms with E-state index >= 15 is 0 Å². The summed E-state index contributed by atoms with van der Waals surface area (Å²) < 4.78 is 5.01. The van der Waals surface area contributed by atoms with Crippen molar-refractivity contribution in [3.8, 4) is 5.75 Å². The molecule has 0 aromatic heterocycles. The number of amides is 1. The van der Waals surface area contributed by atoms with Gasteiger partial charge in [-0.3, -0.25) is 4.79 Å². The Morgan fingerprint density at radius 1 is 1.35 bits per heavy atom. The molecule has 0 atom stereocenters. The van der Waals surface area contributed by atoms with Gasteiger partial charge in [-0.15, -0.1) is 0 Å². The number of rotatable bonds is 6. The number of carbonyl (C=O) groups excluding carboxylic acids is 1. The smallest absolute Gasteiger partial charge is 0.341 e. The van der Waals surface area contributed by atoms with Crippen LogP contribution in [0.4, 0.5) is 0 Å². The summed E-state index contributed by atoms with van der Waals surface area (Å²) in [5.74, 6) is -1.36. The Morgan fingerprint density at radius 2 is 1.95 bits per heavy atom. The number of benzene rings is 1. The van der Waals surface area contributed by atoms with Gasteiger partial charge in [0.2, 0.25) is 0 Å². The quantitative estimate of drug-likeness (QED) is 0.316. The summed E-state index contributed by atoms with van der Waals surface area (Å²) in [4.78, 5) is 22.8. The third kappa shape index (κ3) is 3.94. The Kier molecular flexibility index (Phi) is 5.46. The van der Waals surface area contributed by atoms with Gasteiger partial charge in [0, 0.05) is 12.8 Å². The van der Waals surface area contributed by atoms with Crippen molar-refractivity contribution in [1.82, 2.24) is 5.32 Å². The average molecular weight is 276 g/mol. The highest BCUT2D eigenvalue weighted by molar-refractivity contribution is 6.18. The normalized spacial score (nSPS) is 11.3. The van der Waals surface area contributed by atoms with Crippen LogP contribution in [-0.4, -0.2) is 30.3 Å². The average Bonchev–Trinajstić information content (AvgIpc) is 2.45. The maximum atomic E-state index is 11.8. The molecule has 0 spiro atoms. The van der Waals surface area contributed by atoms with Crippen LogP contribution in [0.25, 0.3) is 0 Å². The van der Waals surface area contributed by atoms with Crippen LogP contribution in [0.3, 0.4) is 0 Å². The number of hydrogen-bond acceptors (Lipinski definition) is 4. The molecule has 0 bridgehead atoms. The fourth-order valence-corrected chi connectivity index (χ4v) is 1.53. The largest absolute Gasteiger partial charge is 0.497 e. The van der Waals surface area contributed by atoms with Gasteiger partial charge in [0.1, 0.15) is 11.3 Å². The predicted molar refractivity (Wildman–Crippen MR) is 74.0 cm³/mol. The van der Waals surface area contributed by atoms with Gasteiger partial charge >= 0.3 is 5.97 Å². The lowest BCUT2D eigenvalue weighted by atomic mass is 10.1. The Morgan fingerprint density at radius 3 is 2.40 bits per heavy atom. The van der Waals surface area contributed by atoms with Gasteiger partial charge in [-0.2, -0.15) is 0 Å². The number of aliphatic carboxylic acids is 1. The molecule has 6 nitrogen and oxygen atoms in total. The molecular formula is C14H16N2O4. The minimum Gasteiger partial charge on any atom is -0.497 e. The zero-order chi connectivity index (χ0) is 15.1. The van der Waals surface area contributed by atoms with Gasteiger partial charge in [0.15, 0.2) is 0 Å². The summed E-state index contributed by atoms with van der Waals surface area (Å²) in [6, 6.07) is 7.04. The molecule has 20 heavy (non-hydrogen) atoms. The molecule has 106 valence electrons. The van der Waals surface area contributed by atoms with Crippen LogP contribution in [0.1, 0.15) is 12.5 Å². The molecule has 0 saturated heterocycles. The maximum absolute atomic E-state index is 11.8. The highest BCUT2D eigenvalue weighted by Gasteiger charge is 2.19. The Hall–Kier alpha value is -2.63. The highest BCUT2D eigenvalue weighted by Crippen LogP contribution is 2.11. The number of ether oxygens (including phenoxy) is 1. The number of carbonyl (C=O) groups is 2. The van der Waals surface area contributed by atoms with Crippen molar-refractivity contribution in [2.24, 2.45) is 0 Å². The summed E-state index contributed by atoms with van der Waals surface area (Å²) in [6.07, 6.45) is 0.844. The summed E-state index contributed by atoms with van der Waals surface area (Å²) >= 11 is 0. The Bertz CT molecular complexity index is 547. The van der Waals surface area contributed by atoms with E-state index in [2.05, 4.69) is 5.32 Å². The van der Waals surface area contributed by atoms with Crippen molar-refractivity contribution in [2.75, 3.05) is 7.11 Å². The first kappa shape index (κ1) is 15.4. The summed E-state index contributed by atoms with van der Waals surface area (Å²) in [5, 5.41) is 18.5. The lowest BCUT2D eigenvalue weighted by molar-refractivity contribution is -0.135. The molecule has 1 aromatic carbocycles. The molecule has 6 heteroatoms. The molecule has 0 radical (unpaired) electrons. The zero-order valence-electron chi connectivity index (χ0n) is 11.3. The molecule has 0 aliphatic heterocycles. The van der Waals surface area contributed by atoms with E-state index in [1.807, 2.05) is 0 Å². The van der Waals surface area contributed by atoms with Crippen molar-refractivity contribution in [3.05, 3.63) is 41.0 Å². The standard InChI is InChI=1S/C14H16N2O4/c1-9(7-15)12(14(18)19)13(17)16-8-10-3-5-11(20-2)6-4-10/h3-7,15H,8H2,1-2H3,(H,16,17)(H,18,19)/b12-9+,15-7?. The van der Waals surface area contributed by atoms with Crippen molar-refractivity contribution >= 4 is 18.1 Å². The molecule has 1 rings (SSSR count). The third-order valence-electron chi connectivity index (χ3n) is 2.66. The summed E-state index contributed by atoms with van der Waals surface area (Å²) in [5.41, 5.74) is 0.495. The van der Waals surface area contributed by atoms with E-state index in [0.29, 0.717) is 5.75 Å². The second-order valence-electron chi connectivity index (χ2n) is 4.04. The maximum Gasteiger partial charge on any atom is 0.341 e. The van der Waals surface area contributed by atoms with Gasteiger partial charge in [0.25, 0.3) is 5.91 Å². The van der Waals surface area contributed by atoms with Gasteiger partial charge in [0.05, 0.1) is 7.11 Å². The van der Waals surface area contributed by atoms with E-state index in [-0.39, 0.29) is 12.1 Å². The van der Waals surface area contributed by atoms with Gasteiger partial charge in [-0.05, 0) is 30.2 Å². The van der Waals surface area contributed by atoms with E-state index in [9.17, 15) is 9.59 Å². The molecule has 0 saturated carbocycles. The first-order valence-corrected chi connectivity index (χ1v) is 5.85. The number of carboxylic acids is 1. The topological polar surface area (TPSA) is 99.5 Å². The number of methoxy groups -OCH3 is 1. The van der Waals surface area contributed by atoms with Crippen LogP contribution in [-0.2, 0) is 16.1 Å². The number of allylic oxidation sites excluding steroid dienone is 1. The second-order valence-corrected chi connectivity index (χ2v) is 4.04. The van der Waals surface area contributed by atoms with Crippen LogP contribution in [0.5, 0.6) is 5.75 Å². The third-order valence-corrected chi connectivity index (χ3v) is 2.66. The van der Waals surface area contributed by atoms with Crippen LogP contribution in [0, 0.1) is 5.41 Å². The number of carboxylic acid groups (broad SMARTS) is 1. The van der Waals surface area contributed by atoms with E-state index in [0.717, 1.165) is 11.8 Å². The van der Waals surface area contributed by atoms with Gasteiger partial charge in [-0.25, -0.2) is 4.79 Å². The minimum absolute atomic E-state index is 0.102. The van der Waals surface area contributed by atoms with E-state index in [4.69, 9.17) is 15.3 Å². The van der Waals surface area contributed by atoms with Gasteiger partial charge < -0.3 is 20.6 Å². The van der Waals surface area contributed by atoms with E-state index in [1.165, 1.54) is 6.92 Å². The second kappa shape index (κ2) is 7.08. The lowest BCUT2D eigenvalue weighted by Crippen LogP contribution is -2.29. The van der Waals surface area contributed by atoms with E-state index < -0.39 is 17.4 Å². The lowest BCUT2D eigenvalue weighted by Gasteiger charge is -2.08. The van der Waals surface area contributed by atoms with Crippen molar-refractivity contribution < 1.29 is 19.4 Å². The molecular weight excluding hydrogens is 260 g/mol. The molecule has 0 unspecified atom stereocenters.